The van der Waals surface area contributed by atoms with Crippen LogP contribution in [-0.2, 0) is 10.2 Å². The molecule has 1 aliphatic rings. The molecule has 0 fully saturated rings. The molecule has 1 atom stereocenters. The zero-order chi connectivity index (χ0) is 18.0. The van der Waals surface area contributed by atoms with E-state index in [4.69, 9.17) is 0 Å². The molecule has 0 bridgehead atoms. The predicted octanol–water partition coefficient (Wildman–Crippen LogP) is 5.35. The number of para-hydroxylation sites is 1. The molecule has 26 heavy (non-hydrogen) atoms. The van der Waals surface area contributed by atoms with Gasteiger partial charge in [-0.15, -0.1) is 0 Å². The van der Waals surface area contributed by atoms with E-state index >= 15 is 0 Å². The molecule has 0 unspecified atom stereocenters. The van der Waals surface area contributed by atoms with Crippen LogP contribution >= 0.6 is 15.9 Å². The number of allylic oxidation sites excluding steroid dienone is 1. The van der Waals surface area contributed by atoms with Crippen molar-refractivity contribution in [2.75, 3.05) is 5.32 Å². The number of anilines is 1. The van der Waals surface area contributed by atoms with E-state index in [1.165, 1.54) is 0 Å². The van der Waals surface area contributed by atoms with Gasteiger partial charge in [0.25, 0.3) is 0 Å². The maximum Gasteiger partial charge on any atom is 0.172 e. The van der Waals surface area contributed by atoms with Crippen molar-refractivity contribution in [1.82, 2.24) is 0 Å². The Bertz CT molecular complexity index is 911. The fourth-order valence-electron chi connectivity index (χ4n) is 3.73. The van der Waals surface area contributed by atoms with E-state index in [0.29, 0.717) is 0 Å². The number of benzene rings is 3. The molecule has 0 heterocycles. The molecule has 0 aliphatic heterocycles. The first-order valence-corrected chi connectivity index (χ1v) is 9.37. The Hall–Kier alpha value is -2.65. The van der Waals surface area contributed by atoms with E-state index in [1.54, 1.807) is 6.08 Å². The standard InChI is InChI=1S/C23H18BrNO/c24-19-13-7-8-14-20(19)25-21-15-16-22(26)23(21,17-9-3-1-4-10-17)18-11-5-2-6-12-18/h1-16,21,25H/t21-/m1/s1. The molecule has 0 saturated heterocycles. The molecule has 1 aliphatic carbocycles. The van der Waals surface area contributed by atoms with E-state index in [-0.39, 0.29) is 11.8 Å². The summed E-state index contributed by atoms with van der Waals surface area (Å²) in [6.45, 7) is 0. The minimum atomic E-state index is -0.780. The van der Waals surface area contributed by atoms with Gasteiger partial charge in [-0.2, -0.15) is 0 Å². The summed E-state index contributed by atoms with van der Waals surface area (Å²) in [5.41, 5.74) is 2.17. The molecule has 0 saturated carbocycles. The Morgan fingerprint density at radius 1 is 0.769 bits per heavy atom. The number of halogens is 1. The van der Waals surface area contributed by atoms with E-state index in [1.807, 2.05) is 91.0 Å². The average Bonchev–Trinajstić information content (AvgIpc) is 3.02. The summed E-state index contributed by atoms with van der Waals surface area (Å²) in [6.07, 6.45) is 3.68. The maximum absolute atomic E-state index is 13.2. The number of ketones is 1. The normalized spacial score (nSPS) is 18.0. The van der Waals surface area contributed by atoms with Crippen LogP contribution in [0.4, 0.5) is 5.69 Å². The van der Waals surface area contributed by atoms with Crippen LogP contribution in [0.5, 0.6) is 0 Å². The summed E-state index contributed by atoms with van der Waals surface area (Å²) in [5.74, 6) is 0.0967. The van der Waals surface area contributed by atoms with Crippen molar-refractivity contribution in [2.24, 2.45) is 0 Å². The summed E-state index contributed by atoms with van der Waals surface area (Å²) in [4.78, 5) is 13.2. The third-order valence-electron chi connectivity index (χ3n) is 4.94. The summed E-state index contributed by atoms with van der Waals surface area (Å²) < 4.78 is 0.975. The Labute approximate surface area is 161 Å². The third kappa shape index (κ3) is 2.69. The highest BCUT2D eigenvalue weighted by Gasteiger charge is 2.49. The summed E-state index contributed by atoms with van der Waals surface area (Å²) in [7, 11) is 0. The molecule has 0 radical (unpaired) electrons. The molecule has 0 amide bonds. The fourth-order valence-corrected chi connectivity index (χ4v) is 4.13. The Morgan fingerprint density at radius 2 is 1.31 bits per heavy atom. The highest BCUT2D eigenvalue weighted by molar-refractivity contribution is 9.10. The first-order chi connectivity index (χ1) is 12.7. The molecule has 128 valence electrons. The second-order valence-corrected chi connectivity index (χ2v) is 7.22. The third-order valence-corrected chi connectivity index (χ3v) is 5.63. The predicted molar refractivity (Wildman–Crippen MR) is 109 cm³/mol. The van der Waals surface area contributed by atoms with Gasteiger partial charge in [0.05, 0.1) is 6.04 Å². The molecule has 3 aromatic rings. The smallest absolute Gasteiger partial charge is 0.172 e. The summed E-state index contributed by atoms with van der Waals surface area (Å²) >= 11 is 3.60. The first-order valence-electron chi connectivity index (χ1n) is 8.57. The first kappa shape index (κ1) is 16.8. The highest BCUT2D eigenvalue weighted by atomic mass is 79.9. The van der Waals surface area contributed by atoms with Gasteiger partial charge in [-0.05, 0) is 45.3 Å². The number of carbonyl (C=O) groups is 1. The second-order valence-electron chi connectivity index (χ2n) is 6.37. The number of carbonyl (C=O) groups excluding carboxylic acids is 1. The highest BCUT2D eigenvalue weighted by Crippen LogP contribution is 2.42. The van der Waals surface area contributed by atoms with Crippen molar-refractivity contribution in [3.05, 3.63) is 113 Å². The molecule has 2 nitrogen and oxygen atoms in total. The summed E-state index contributed by atoms with van der Waals surface area (Å²) in [6, 6.07) is 27.8. The van der Waals surface area contributed by atoms with Crippen LogP contribution in [0.1, 0.15) is 11.1 Å². The number of nitrogens with one attached hydrogen (secondary N) is 1. The van der Waals surface area contributed by atoms with Crippen LogP contribution in [0, 0.1) is 0 Å². The van der Waals surface area contributed by atoms with Gasteiger partial charge in [-0.3, -0.25) is 4.79 Å². The zero-order valence-electron chi connectivity index (χ0n) is 14.1. The van der Waals surface area contributed by atoms with Crippen LogP contribution in [0.3, 0.4) is 0 Å². The zero-order valence-corrected chi connectivity index (χ0v) is 15.7. The van der Waals surface area contributed by atoms with Crippen molar-refractivity contribution >= 4 is 27.4 Å². The SMILES string of the molecule is O=C1C=C[C@@H](Nc2ccccc2Br)C1(c1ccccc1)c1ccccc1. The lowest BCUT2D eigenvalue weighted by molar-refractivity contribution is -0.117. The molecule has 1 N–H and O–H groups in total. The monoisotopic (exact) mass is 403 g/mol. The van der Waals surface area contributed by atoms with E-state index in [9.17, 15) is 4.79 Å². The molecular formula is C23H18BrNO. The van der Waals surface area contributed by atoms with Crippen LogP contribution in [0.2, 0.25) is 0 Å². The average molecular weight is 404 g/mol. The minimum Gasteiger partial charge on any atom is -0.376 e. The van der Waals surface area contributed by atoms with Gasteiger partial charge in [-0.1, -0.05) is 78.9 Å². The van der Waals surface area contributed by atoms with Gasteiger partial charge in [0.2, 0.25) is 0 Å². The largest absolute Gasteiger partial charge is 0.376 e. The quantitative estimate of drug-likeness (QED) is 0.635. The Kier molecular flexibility index (Phi) is 4.48. The maximum atomic E-state index is 13.2. The summed E-state index contributed by atoms with van der Waals surface area (Å²) in [5, 5.41) is 3.57. The Balaban J connectivity index is 1.88. The second kappa shape index (κ2) is 6.93. The van der Waals surface area contributed by atoms with Gasteiger partial charge < -0.3 is 5.32 Å². The van der Waals surface area contributed by atoms with Crippen molar-refractivity contribution in [1.29, 1.82) is 0 Å². The van der Waals surface area contributed by atoms with Crippen LogP contribution in [0.15, 0.2) is 102 Å². The number of rotatable bonds is 4. The van der Waals surface area contributed by atoms with Gasteiger partial charge in [-0.25, -0.2) is 0 Å². The molecule has 0 spiro atoms. The van der Waals surface area contributed by atoms with Gasteiger partial charge in [0.15, 0.2) is 5.78 Å². The van der Waals surface area contributed by atoms with Crippen molar-refractivity contribution in [2.45, 2.75) is 11.5 Å². The van der Waals surface area contributed by atoms with Crippen LogP contribution in [0.25, 0.3) is 0 Å². The van der Waals surface area contributed by atoms with Crippen molar-refractivity contribution in [3.63, 3.8) is 0 Å². The number of hydrogen-bond donors (Lipinski definition) is 1. The lowest BCUT2D eigenvalue weighted by Gasteiger charge is -2.36. The number of hydrogen-bond acceptors (Lipinski definition) is 2. The van der Waals surface area contributed by atoms with E-state index in [2.05, 4.69) is 21.2 Å². The topological polar surface area (TPSA) is 29.1 Å². The molecule has 3 aromatic carbocycles. The van der Waals surface area contributed by atoms with Gasteiger partial charge in [0, 0.05) is 10.2 Å². The lowest BCUT2D eigenvalue weighted by atomic mass is 9.69. The fraction of sp³-hybridized carbons (Fsp3) is 0.0870. The van der Waals surface area contributed by atoms with E-state index < -0.39 is 5.41 Å². The van der Waals surface area contributed by atoms with Gasteiger partial charge >= 0.3 is 0 Å². The van der Waals surface area contributed by atoms with Crippen molar-refractivity contribution in [3.8, 4) is 0 Å². The molecule has 0 aromatic heterocycles. The Morgan fingerprint density at radius 3 is 1.88 bits per heavy atom. The minimum absolute atomic E-state index is 0.0967. The lowest BCUT2D eigenvalue weighted by Crippen LogP contribution is -2.46. The van der Waals surface area contributed by atoms with E-state index in [0.717, 1.165) is 21.3 Å². The van der Waals surface area contributed by atoms with Crippen molar-refractivity contribution < 1.29 is 4.79 Å². The van der Waals surface area contributed by atoms with Gasteiger partial charge in [0.1, 0.15) is 5.41 Å². The molecule has 4 rings (SSSR count). The van der Waals surface area contributed by atoms with Crippen LogP contribution in [-0.4, -0.2) is 11.8 Å². The molecular weight excluding hydrogens is 386 g/mol. The van der Waals surface area contributed by atoms with Crippen LogP contribution < -0.4 is 5.32 Å². The molecule has 3 heteroatoms.